The molecule has 0 radical (unpaired) electrons. The minimum Gasteiger partial charge on any atom is -0.490 e. The number of rotatable bonds is 8. The van der Waals surface area contributed by atoms with Crippen LogP contribution in [-0.4, -0.2) is 29.2 Å². The number of benzene rings is 2. The Labute approximate surface area is 221 Å². The van der Waals surface area contributed by atoms with Gasteiger partial charge in [-0.3, -0.25) is 14.5 Å². The smallest absolute Gasteiger partial charge is 0.293 e. The summed E-state index contributed by atoms with van der Waals surface area (Å²) in [7, 11) is 0. The van der Waals surface area contributed by atoms with Gasteiger partial charge >= 0.3 is 0 Å². The Morgan fingerprint density at radius 2 is 1.79 bits per heavy atom. The van der Waals surface area contributed by atoms with Crippen LogP contribution in [0.1, 0.15) is 50.2 Å². The maximum Gasteiger partial charge on any atom is 0.293 e. The van der Waals surface area contributed by atoms with E-state index in [-0.39, 0.29) is 11.1 Å². The zero-order valence-corrected chi connectivity index (χ0v) is 23.0. The van der Waals surface area contributed by atoms with Crippen LogP contribution in [0, 0.1) is 5.92 Å². The van der Waals surface area contributed by atoms with E-state index < -0.39 is 0 Å². The number of carbonyl (C=O) groups is 2. The van der Waals surface area contributed by atoms with Gasteiger partial charge in [-0.15, -0.1) is 0 Å². The predicted octanol–water partition coefficient (Wildman–Crippen LogP) is 7.81. The standard InChI is InChI=1S/C26H27Br2NO4S/c1-2-32-22-13-19(12-21(28)24(22)33-16-18-8-10-20(27)11-9-18)14-23-25(30)29(26(31)34-23)15-17-6-4-3-5-7-17/h8-14,17H,2-7,15-16H2,1H3/b23-14+. The van der Waals surface area contributed by atoms with Gasteiger partial charge in [0.2, 0.25) is 0 Å². The van der Waals surface area contributed by atoms with E-state index in [0.29, 0.717) is 42.1 Å². The highest BCUT2D eigenvalue weighted by atomic mass is 79.9. The van der Waals surface area contributed by atoms with Crippen LogP contribution in [0.25, 0.3) is 6.08 Å². The molecular formula is C26H27Br2NO4S. The number of halogens is 2. The first-order valence-corrected chi connectivity index (χ1v) is 13.9. The summed E-state index contributed by atoms with van der Waals surface area (Å²) in [5.41, 5.74) is 1.81. The second-order valence-electron chi connectivity index (χ2n) is 8.47. The maximum atomic E-state index is 13.0. The molecule has 8 heteroatoms. The monoisotopic (exact) mass is 607 g/mol. The molecule has 1 heterocycles. The first kappa shape index (κ1) is 25.3. The molecule has 2 aromatic rings. The highest BCUT2D eigenvalue weighted by molar-refractivity contribution is 9.10. The average molecular weight is 609 g/mol. The third kappa shape index (κ3) is 6.26. The number of carbonyl (C=O) groups excluding carboxylic acids is 2. The molecule has 0 atom stereocenters. The SMILES string of the molecule is CCOc1cc(/C=C2/SC(=O)N(CC3CCCCC3)C2=O)cc(Br)c1OCc1ccc(Br)cc1. The van der Waals surface area contributed by atoms with E-state index in [9.17, 15) is 9.59 Å². The molecule has 5 nitrogen and oxygen atoms in total. The Morgan fingerprint density at radius 3 is 2.50 bits per heavy atom. The summed E-state index contributed by atoms with van der Waals surface area (Å²) in [6.45, 7) is 3.31. The highest BCUT2D eigenvalue weighted by Gasteiger charge is 2.36. The molecule has 180 valence electrons. The quantitative estimate of drug-likeness (QED) is 0.286. The van der Waals surface area contributed by atoms with Gasteiger partial charge in [-0.25, -0.2) is 0 Å². The Balaban J connectivity index is 1.51. The number of ether oxygens (including phenoxy) is 2. The molecular weight excluding hydrogens is 582 g/mol. The number of thioether (sulfide) groups is 1. The Hall–Kier alpha value is -1.77. The van der Waals surface area contributed by atoms with Gasteiger partial charge in [-0.1, -0.05) is 47.3 Å². The molecule has 4 rings (SSSR count). The van der Waals surface area contributed by atoms with Crippen LogP contribution in [0.3, 0.4) is 0 Å². The van der Waals surface area contributed by atoms with Gasteiger partial charge in [0.05, 0.1) is 16.0 Å². The number of hydrogen-bond acceptors (Lipinski definition) is 5. The normalized spacial score (nSPS) is 18.1. The lowest BCUT2D eigenvalue weighted by Crippen LogP contribution is -2.34. The second-order valence-corrected chi connectivity index (χ2v) is 11.2. The minimum atomic E-state index is -0.203. The van der Waals surface area contributed by atoms with E-state index in [1.165, 1.54) is 24.2 Å². The van der Waals surface area contributed by atoms with Gasteiger partial charge in [0.1, 0.15) is 6.61 Å². The van der Waals surface area contributed by atoms with Crippen LogP contribution in [0.15, 0.2) is 50.2 Å². The minimum absolute atomic E-state index is 0.180. The lowest BCUT2D eigenvalue weighted by atomic mass is 9.89. The van der Waals surface area contributed by atoms with Crippen molar-refractivity contribution in [2.45, 2.75) is 45.6 Å². The van der Waals surface area contributed by atoms with Crippen molar-refractivity contribution in [3.8, 4) is 11.5 Å². The Bertz CT molecular complexity index is 1080. The van der Waals surface area contributed by atoms with Crippen LogP contribution in [0.4, 0.5) is 4.79 Å². The summed E-state index contributed by atoms with van der Waals surface area (Å²) in [6.07, 6.45) is 7.55. The molecule has 0 unspecified atom stereocenters. The molecule has 1 aliphatic heterocycles. The Morgan fingerprint density at radius 1 is 1.06 bits per heavy atom. The topological polar surface area (TPSA) is 55.8 Å². The van der Waals surface area contributed by atoms with Gasteiger partial charge in [-0.05, 0) is 94.8 Å². The summed E-state index contributed by atoms with van der Waals surface area (Å²) < 4.78 is 13.6. The number of amides is 2. The van der Waals surface area contributed by atoms with Crippen LogP contribution < -0.4 is 9.47 Å². The molecule has 0 spiro atoms. The van der Waals surface area contributed by atoms with Crippen molar-refractivity contribution in [3.63, 3.8) is 0 Å². The van der Waals surface area contributed by atoms with Gasteiger partial charge in [-0.2, -0.15) is 0 Å². The third-order valence-corrected chi connectivity index (χ3v) is 7.99. The molecule has 0 N–H and O–H groups in total. The summed E-state index contributed by atoms with van der Waals surface area (Å²) in [4.78, 5) is 27.4. The molecule has 2 aliphatic rings. The predicted molar refractivity (Wildman–Crippen MR) is 143 cm³/mol. The summed E-state index contributed by atoms with van der Waals surface area (Å²) >= 11 is 8.05. The van der Waals surface area contributed by atoms with Crippen LogP contribution in [0.5, 0.6) is 11.5 Å². The van der Waals surface area contributed by atoms with Gasteiger partial charge in [0, 0.05) is 11.0 Å². The molecule has 1 saturated heterocycles. The fourth-order valence-corrected chi connectivity index (χ4v) is 5.93. The van der Waals surface area contributed by atoms with E-state index in [1.54, 1.807) is 6.08 Å². The van der Waals surface area contributed by atoms with E-state index >= 15 is 0 Å². The molecule has 1 saturated carbocycles. The molecule has 2 fully saturated rings. The van der Waals surface area contributed by atoms with Gasteiger partial charge < -0.3 is 9.47 Å². The van der Waals surface area contributed by atoms with Crippen LogP contribution in [0.2, 0.25) is 0 Å². The molecule has 0 bridgehead atoms. The number of hydrogen-bond donors (Lipinski definition) is 0. The maximum absolute atomic E-state index is 13.0. The average Bonchev–Trinajstić information content (AvgIpc) is 3.08. The van der Waals surface area contributed by atoms with Gasteiger partial charge in [0.25, 0.3) is 11.1 Å². The zero-order chi connectivity index (χ0) is 24.1. The number of imide groups is 1. The van der Waals surface area contributed by atoms with Crippen molar-refractivity contribution in [2.75, 3.05) is 13.2 Å². The lowest BCUT2D eigenvalue weighted by molar-refractivity contribution is -0.123. The highest BCUT2D eigenvalue weighted by Crippen LogP contribution is 2.40. The second kappa shape index (κ2) is 11.8. The molecule has 1 aliphatic carbocycles. The summed E-state index contributed by atoms with van der Waals surface area (Å²) in [5, 5.41) is -0.180. The first-order chi connectivity index (χ1) is 16.4. The Kier molecular flexibility index (Phi) is 8.77. The van der Waals surface area contributed by atoms with E-state index in [0.717, 1.165) is 44.7 Å². The number of nitrogens with zero attached hydrogens (tertiary/aromatic N) is 1. The van der Waals surface area contributed by atoms with Crippen molar-refractivity contribution < 1.29 is 19.1 Å². The van der Waals surface area contributed by atoms with Crippen molar-refractivity contribution >= 4 is 60.8 Å². The largest absolute Gasteiger partial charge is 0.490 e. The van der Waals surface area contributed by atoms with Crippen molar-refractivity contribution in [1.82, 2.24) is 4.90 Å². The molecule has 34 heavy (non-hydrogen) atoms. The van der Waals surface area contributed by atoms with E-state index in [2.05, 4.69) is 31.9 Å². The van der Waals surface area contributed by atoms with Gasteiger partial charge in [0.15, 0.2) is 11.5 Å². The van der Waals surface area contributed by atoms with Crippen molar-refractivity contribution in [3.05, 3.63) is 61.4 Å². The molecule has 2 amide bonds. The van der Waals surface area contributed by atoms with E-state index in [1.807, 2.05) is 43.3 Å². The molecule has 2 aromatic carbocycles. The zero-order valence-electron chi connectivity index (χ0n) is 19.0. The summed E-state index contributed by atoms with van der Waals surface area (Å²) in [5.74, 6) is 1.40. The lowest BCUT2D eigenvalue weighted by Gasteiger charge is -2.25. The fraction of sp³-hybridized carbons (Fsp3) is 0.385. The van der Waals surface area contributed by atoms with Crippen LogP contribution >= 0.6 is 43.6 Å². The van der Waals surface area contributed by atoms with E-state index in [4.69, 9.17) is 9.47 Å². The third-order valence-electron chi connectivity index (χ3n) is 5.96. The fourth-order valence-electron chi connectivity index (χ4n) is 4.25. The summed E-state index contributed by atoms with van der Waals surface area (Å²) in [6, 6.07) is 11.7. The van der Waals surface area contributed by atoms with Crippen molar-refractivity contribution in [2.24, 2.45) is 5.92 Å². The molecule has 0 aromatic heterocycles. The van der Waals surface area contributed by atoms with Crippen LogP contribution in [-0.2, 0) is 11.4 Å². The first-order valence-electron chi connectivity index (χ1n) is 11.5. The van der Waals surface area contributed by atoms with Crippen molar-refractivity contribution in [1.29, 1.82) is 0 Å².